The van der Waals surface area contributed by atoms with E-state index in [1.807, 2.05) is 0 Å². The average molecular weight is 417 g/mol. The van der Waals surface area contributed by atoms with Crippen LogP contribution in [0.2, 0.25) is 0 Å². The molecule has 1 aromatic heterocycles. The van der Waals surface area contributed by atoms with Crippen LogP contribution in [0.15, 0.2) is 24.4 Å². The largest absolute Gasteiger partial charge is 0.491 e. The second kappa shape index (κ2) is 6.05. The fourth-order valence-corrected chi connectivity index (χ4v) is 7.08. The molecule has 160 valence electrons. The first-order valence-electron chi connectivity index (χ1n) is 12.1. The van der Waals surface area contributed by atoms with E-state index in [9.17, 15) is 0 Å². The van der Waals surface area contributed by atoms with Crippen molar-refractivity contribution in [1.29, 1.82) is 0 Å². The summed E-state index contributed by atoms with van der Waals surface area (Å²) in [5.41, 5.74) is 4.45. The second-order valence-corrected chi connectivity index (χ2v) is 10.1. The van der Waals surface area contributed by atoms with Gasteiger partial charge in [-0.1, -0.05) is 32.8 Å². The summed E-state index contributed by atoms with van der Waals surface area (Å²) in [7, 11) is 0. The molecule has 4 heteroatoms. The van der Waals surface area contributed by atoms with Crippen LogP contribution < -0.4 is 18.8 Å². The lowest BCUT2D eigenvalue weighted by molar-refractivity contribution is -0.743. The number of nitrogens with zero attached hydrogens (tertiary/aromatic N) is 1. The maximum absolute atomic E-state index is 6.52. The Morgan fingerprint density at radius 3 is 2.61 bits per heavy atom. The zero-order valence-electron chi connectivity index (χ0n) is 18.6. The Morgan fingerprint density at radius 2 is 1.81 bits per heavy atom. The Morgan fingerprint density at radius 1 is 0.968 bits per heavy atom. The zero-order chi connectivity index (χ0) is 20.8. The molecule has 0 saturated heterocycles. The summed E-state index contributed by atoms with van der Waals surface area (Å²) >= 11 is 0. The van der Waals surface area contributed by atoms with Gasteiger partial charge in [-0.25, -0.2) is 0 Å². The predicted octanol–water partition coefficient (Wildman–Crippen LogP) is 5.67. The van der Waals surface area contributed by atoms with Crippen LogP contribution in [0.5, 0.6) is 17.2 Å². The highest BCUT2D eigenvalue weighted by atomic mass is 16.7. The van der Waals surface area contributed by atoms with Crippen LogP contribution in [0.3, 0.4) is 0 Å². The van der Waals surface area contributed by atoms with Gasteiger partial charge in [-0.15, -0.1) is 0 Å². The summed E-state index contributed by atoms with van der Waals surface area (Å²) in [6, 6.07) is 6.73. The van der Waals surface area contributed by atoms with Gasteiger partial charge in [0.2, 0.25) is 12.3 Å². The number of fused-ring (bicyclic) bond motifs is 5. The number of hydrogen-bond donors (Lipinski definition) is 0. The van der Waals surface area contributed by atoms with Gasteiger partial charge in [0.05, 0.1) is 22.9 Å². The molecule has 1 fully saturated rings. The number of pyridine rings is 1. The second-order valence-electron chi connectivity index (χ2n) is 10.1. The minimum absolute atomic E-state index is 0.106. The van der Waals surface area contributed by atoms with Gasteiger partial charge in [-0.3, -0.25) is 0 Å². The first-order chi connectivity index (χ1) is 15.2. The van der Waals surface area contributed by atoms with Crippen molar-refractivity contribution in [2.24, 2.45) is 0 Å². The topological polar surface area (TPSA) is 31.6 Å². The molecule has 0 unspecified atom stereocenters. The molecule has 4 aliphatic rings. The monoisotopic (exact) mass is 416 g/mol. The van der Waals surface area contributed by atoms with E-state index in [-0.39, 0.29) is 11.0 Å². The highest BCUT2D eigenvalue weighted by molar-refractivity contribution is 6.09. The Hall–Kier alpha value is -2.49. The molecule has 3 aromatic rings. The van der Waals surface area contributed by atoms with Crippen LogP contribution in [0.1, 0.15) is 69.9 Å². The lowest BCUT2D eigenvalue weighted by atomic mass is 9.80. The zero-order valence-corrected chi connectivity index (χ0v) is 18.6. The molecule has 4 nitrogen and oxygen atoms in total. The molecule has 0 amide bonds. The van der Waals surface area contributed by atoms with E-state index in [1.165, 1.54) is 58.5 Å². The van der Waals surface area contributed by atoms with E-state index in [1.54, 1.807) is 0 Å². The quantitative estimate of drug-likeness (QED) is 0.398. The Kier molecular flexibility index (Phi) is 3.54. The van der Waals surface area contributed by atoms with Gasteiger partial charge >= 0.3 is 0 Å². The van der Waals surface area contributed by atoms with Gasteiger partial charge in [-0.05, 0) is 36.8 Å². The molecule has 31 heavy (non-hydrogen) atoms. The third-order valence-electron chi connectivity index (χ3n) is 8.99. The van der Waals surface area contributed by atoms with E-state index >= 15 is 0 Å². The fraction of sp³-hybridized carbons (Fsp3) is 0.519. The molecule has 0 atom stereocenters. The average Bonchev–Trinajstić information content (AvgIpc) is 3.53. The lowest BCUT2D eigenvalue weighted by Crippen LogP contribution is -2.56. The number of aromatic nitrogens is 1. The van der Waals surface area contributed by atoms with Gasteiger partial charge in [0, 0.05) is 30.2 Å². The third kappa shape index (κ3) is 2.14. The maximum atomic E-state index is 6.52. The standard InChI is InChI=1S/C27H30NO3/c1-3-27(4-2)12-9-18-22-17(13-21-25(18)31-16-30-21)7-8-19-23(22)28(27)14-20-24(19)29-15-26(20)10-5-6-11-26/h7-8,13-14H,3-6,9-12,15-16H2,1-2H3/q+1. The Bertz CT molecular complexity index is 1250. The molecule has 1 aliphatic carbocycles. The van der Waals surface area contributed by atoms with E-state index in [4.69, 9.17) is 14.2 Å². The molecule has 4 heterocycles. The van der Waals surface area contributed by atoms with Gasteiger partial charge in [0.25, 0.3) is 0 Å². The highest BCUT2D eigenvalue weighted by Gasteiger charge is 2.49. The molecular weight excluding hydrogens is 386 g/mol. The normalized spacial score (nSPS) is 21.7. The summed E-state index contributed by atoms with van der Waals surface area (Å²) in [5, 5.41) is 3.86. The number of benzene rings is 2. The van der Waals surface area contributed by atoms with Crippen LogP contribution in [0, 0.1) is 0 Å². The molecule has 0 radical (unpaired) electrons. The minimum atomic E-state index is 0.106. The number of aryl methyl sites for hydroxylation is 1. The van der Waals surface area contributed by atoms with Crippen molar-refractivity contribution in [2.75, 3.05) is 13.4 Å². The summed E-state index contributed by atoms with van der Waals surface area (Å²) < 4.78 is 21.0. The van der Waals surface area contributed by atoms with Crippen molar-refractivity contribution in [3.05, 3.63) is 35.5 Å². The van der Waals surface area contributed by atoms with E-state index in [2.05, 4.69) is 42.8 Å². The van der Waals surface area contributed by atoms with E-state index in [0.717, 1.165) is 49.5 Å². The van der Waals surface area contributed by atoms with Crippen LogP contribution in [0.25, 0.3) is 21.7 Å². The number of hydrogen-bond acceptors (Lipinski definition) is 3. The van der Waals surface area contributed by atoms with E-state index in [0.29, 0.717) is 6.79 Å². The van der Waals surface area contributed by atoms with Gasteiger partial charge in [0.15, 0.2) is 23.2 Å². The van der Waals surface area contributed by atoms with Crippen LogP contribution in [0.4, 0.5) is 0 Å². The lowest BCUT2D eigenvalue weighted by Gasteiger charge is -2.28. The molecule has 2 aromatic carbocycles. The fourth-order valence-electron chi connectivity index (χ4n) is 7.08. The van der Waals surface area contributed by atoms with Crippen molar-refractivity contribution >= 4 is 21.7 Å². The first-order valence-corrected chi connectivity index (χ1v) is 12.1. The third-order valence-corrected chi connectivity index (χ3v) is 8.99. The molecule has 7 rings (SSSR count). The summed E-state index contributed by atoms with van der Waals surface area (Å²) in [6.45, 7) is 5.89. The summed E-state index contributed by atoms with van der Waals surface area (Å²) in [4.78, 5) is 0. The highest BCUT2D eigenvalue weighted by Crippen LogP contribution is 2.53. The summed E-state index contributed by atoms with van der Waals surface area (Å²) in [5.74, 6) is 3.00. The molecular formula is C27H30NO3+. The van der Waals surface area contributed by atoms with Crippen molar-refractivity contribution in [2.45, 2.75) is 76.2 Å². The van der Waals surface area contributed by atoms with Crippen LogP contribution >= 0.6 is 0 Å². The SMILES string of the molecule is CCC1(CC)CCc2c3c(cc4ccc5c6c(c[n+]1c5c24)C1(CCCC1)CO6)OCO3. The van der Waals surface area contributed by atoms with Crippen molar-refractivity contribution in [3.63, 3.8) is 0 Å². The van der Waals surface area contributed by atoms with Gasteiger partial charge < -0.3 is 14.2 Å². The smallest absolute Gasteiger partial charge is 0.231 e. The van der Waals surface area contributed by atoms with Crippen molar-refractivity contribution in [3.8, 4) is 17.2 Å². The minimum Gasteiger partial charge on any atom is -0.491 e. The van der Waals surface area contributed by atoms with Gasteiger partial charge in [0.1, 0.15) is 5.75 Å². The summed E-state index contributed by atoms with van der Waals surface area (Å²) in [6.07, 6.45) is 12.1. The Labute approximate surface area is 183 Å². The van der Waals surface area contributed by atoms with Gasteiger partial charge in [-0.2, -0.15) is 4.57 Å². The first kappa shape index (κ1) is 18.1. The number of rotatable bonds is 2. The predicted molar refractivity (Wildman–Crippen MR) is 120 cm³/mol. The molecule has 3 aliphatic heterocycles. The van der Waals surface area contributed by atoms with Crippen LogP contribution in [-0.2, 0) is 17.4 Å². The molecule has 0 bridgehead atoms. The maximum Gasteiger partial charge on any atom is 0.231 e. The van der Waals surface area contributed by atoms with Crippen molar-refractivity contribution < 1.29 is 18.8 Å². The molecule has 1 saturated carbocycles. The van der Waals surface area contributed by atoms with Crippen molar-refractivity contribution in [1.82, 2.24) is 0 Å². The van der Waals surface area contributed by atoms with Crippen LogP contribution in [-0.4, -0.2) is 13.4 Å². The number of ether oxygens (including phenoxy) is 3. The molecule has 0 N–H and O–H groups in total. The Balaban J connectivity index is 1.66. The molecule has 1 spiro atoms. The van der Waals surface area contributed by atoms with E-state index < -0.39 is 0 Å².